The Hall–Kier alpha value is -1.14. The molecule has 0 aromatic heterocycles. The second-order valence-corrected chi connectivity index (χ2v) is 5.13. The van der Waals surface area contributed by atoms with Crippen LogP contribution in [0.15, 0.2) is 42.5 Å². The number of nitrogens with one attached hydrogen (secondary N) is 1. The van der Waals surface area contributed by atoms with E-state index in [0.29, 0.717) is 18.0 Å². The Morgan fingerprint density at radius 3 is 2.72 bits per heavy atom. The van der Waals surface area contributed by atoms with Gasteiger partial charge in [0.1, 0.15) is 17.3 Å². The van der Waals surface area contributed by atoms with Crippen molar-refractivity contribution in [3.05, 3.63) is 57.4 Å². The van der Waals surface area contributed by atoms with E-state index in [1.165, 1.54) is 12.1 Å². The fraction of sp³-hybridized carbons (Fsp3) is 0.143. The van der Waals surface area contributed by atoms with Crippen LogP contribution < -0.4 is 10.1 Å². The molecule has 2 aromatic carbocycles. The molecular weight excluding hydrogens is 344 g/mol. The smallest absolute Gasteiger partial charge is 0.130 e. The molecule has 0 fully saturated rings. The average Bonchev–Trinajstić information content (AvgIpc) is 2.28. The van der Waals surface area contributed by atoms with Crippen molar-refractivity contribution < 1.29 is 9.13 Å². The van der Waals surface area contributed by atoms with Gasteiger partial charge in [-0.1, -0.05) is 6.07 Å². The molecule has 0 saturated heterocycles. The molecule has 0 bridgehead atoms. The third-order valence-corrected chi connectivity index (χ3v) is 3.01. The maximum atomic E-state index is 13.4. The van der Waals surface area contributed by atoms with Gasteiger partial charge in [0.15, 0.2) is 0 Å². The van der Waals surface area contributed by atoms with Crippen LogP contribution in [0.25, 0.3) is 0 Å². The van der Waals surface area contributed by atoms with E-state index in [4.69, 9.17) is 4.74 Å². The molecule has 0 aliphatic rings. The van der Waals surface area contributed by atoms with Gasteiger partial charge in [-0.25, -0.2) is 4.39 Å². The summed E-state index contributed by atoms with van der Waals surface area (Å²) in [7, 11) is 1.82. The van der Waals surface area contributed by atoms with Gasteiger partial charge in [-0.2, -0.15) is 0 Å². The minimum atomic E-state index is -0.289. The number of hydrogen-bond donors (Lipinski definition) is 1. The van der Waals surface area contributed by atoms with Crippen LogP contribution in [0.5, 0.6) is 11.5 Å². The van der Waals surface area contributed by atoms with Crippen LogP contribution in [0.3, 0.4) is 0 Å². The zero-order chi connectivity index (χ0) is 13.0. The summed E-state index contributed by atoms with van der Waals surface area (Å²) in [5, 5.41) is 2.99. The molecule has 2 rings (SSSR count). The van der Waals surface area contributed by atoms with Crippen LogP contribution >= 0.6 is 22.6 Å². The van der Waals surface area contributed by atoms with Crippen molar-refractivity contribution in [3.63, 3.8) is 0 Å². The topological polar surface area (TPSA) is 21.3 Å². The van der Waals surface area contributed by atoms with E-state index in [1.54, 1.807) is 0 Å². The predicted molar refractivity (Wildman–Crippen MR) is 78.4 cm³/mol. The van der Waals surface area contributed by atoms with E-state index in [-0.39, 0.29) is 5.82 Å². The van der Waals surface area contributed by atoms with Crippen molar-refractivity contribution in [2.75, 3.05) is 7.05 Å². The highest BCUT2D eigenvalue weighted by Crippen LogP contribution is 2.24. The van der Waals surface area contributed by atoms with Gasteiger partial charge in [-0.3, -0.25) is 0 Å². The van der Waals surface area contributed by atoms with Gasteiger partial charge in [-0.15, -0.1) is 0 Å². The second-order valence-electron chi connectivity index (χ2n) is 3.88. The van der Waals surface area contributed by atoms with E-state index in [1.807, 2.05) is 37.4 Å². The zero-order valence-corrected chi connectivity index (χ0v) is 12.1. The van der Waals surface area contributed by atoms with Crippen LogP contribution in [0.1, 0.15) is 5.56 Å². The van der Waals surface area contributed by atoms with Gasteiger partial charge in [-0.05, 0) is 65.5 Å². The normalized spacial score (nSPS) is 10.4. The Balaban J connectivity index is 2.23. The Labute approximate surface area is 119 Å². The molecule has 1 N–H and O–H groups in total. The summed E-state index contributed by atoms with van der Waals surface area (Å²) in [6, 6.07) is 12.4. The van der Waals surface area contributed by atoms with Gasteiger partial charge in [0.2, 0.25) is 0 Å². The van der Waals surface area contributed by atoms with Crippen molar-refractivity contribution in [3.8, 4) is 11.5 Å². The summed E-state index contributed by atoms with van der Waals surface area (Å²) in [4.78, 5) is 0. The van der Waals surface area contributed by atoms with E-state index in [2.05, 4.69) is 27.9 Å². The van der Waals surface area contributed by atoms with Crippen molar-refractivity contribution in [2.45, 2.75) is 6.54 Å². The number of halogens is 2. The lowest BCUT2D eigenvalue weighted by molar-refractivity contribution is 0.475. The van der Waals surface area contributed by atoms with Crippen LogP contribution in [0, 0.1) is 9.39 Å². The fourth-order valence-corrected chi connectivity index (χ4v) is 2.17. The van der Waals surface area contributed by atoms with E-state index in [9.17, 15) is 4.39 Å². The summed E-state index contributed by atoms with van der Waals surface area (Å²) >= 11 is 2.21. The molecule has 0 unspecified atom stereocenters. The minimum absolute atomic E-state index is 0.289. The Bertz CT molecular complexity index is 545. The maximum Gasteiger partial charge on any atom is 0.130 e. The molecule has 0 aliphatic carbocycles. The summed E-state index contributed by atoms with van der Waals surface area (Å²) in [6.07, 6.45) is 0. The molecule has 0 radical (unpaired) electrons. The lowest BCUT2D eigenvalue weighted by Crippen LogP contribution is -2.05. The Morgan fingerprint density at radius 2 is 2.00 bits per heavy atom. The molecule has 0 saturated carbocycles. The highest BCUT2D eigenvalue weighted by Gasteiger charge is 2.03. The molecule has 4 heteroatoms. The number of hydrogen-bond acceptors (Lipinski definition) is 2. The first-order valence-corrected chi connectivity index (χ1v) is 6.63. The standard InChI is InChI=1S/C14H13FINO/c1-17-9-10-5-11(15)7-14(6-10)18-13-4-2-3-12(16)8-13/h2-8,17H,9H2,1H3. The largest absolute Gasteiger partial charge is 0.457 e. The molecule has 0 spiro atoms. The van der Waals surface area contributed by atoms with Crippen LogP contribution in [0.4, 0.5) is 4.39 Å². The quantitative estimate of drug-likeness (QED) is 0.837. The molecule has 18 heavy (non-hydrogen) atoms. The fourth-order valence-electron chi connectivity index (χ4n) is 1.65. The summed E-state index contributed by atoms with van der Waals surface area (Å²) in [5.74, 6) is 0.938. The molecule has 2 nitrogen and oxygen atoms in total. The molecule has 0 amide bonds. The molecule has 0 aliphatic heterocycles. The first-order chi connectivity index (χ1) is 8.67. The molecule has 0 heterocycles. The number of rotatable bonds is 4. The van der Waals surface area contributed by atoms with Crippen LogP contribution in [-0.4, -0.2) is 7.05 Å². The molecule has 0 atom stereocenters. The average molecular weight is 357 g/mol. The highest BCUT2D eigenvalue weighted by atomic mass is 127. The Kier molecular flexibility index (Phi) is 4.54. The van der Waals surface area contributed by atoms with Gasteiger partial charge in [0.25, 0.3) is 0 Å². The molecular formula is C14H13FINO. The van der Waals surface area contributed by atoms with Crippen LogP contribution in [0.2, 0.25) is 0 Å². The van der Waals surface area contributed by atoms with Crippen molar-refractivity contribution in [1.82, 2.24) is 5.32 Å². The van der Waals surface area contributed by atoms with Crippen molar-refractivity contribution >= 4 is 22.6 Å². The molecule has 2 aromatic rings. The van der Waals surface area contributed by atoms with Gasteiger partial charge >= 0.3 is 0 Å². The first-order valence-electron chi connectivity index (χ1n) is 5.55. The summed E-state index contributed by atoms with van der Waals surface area (Å²) in [6.45, 7) is 0.612. The monoisotopic (exact) mass is 357 g/mol. The number of benzene rings is 2. The lowest BCUT2D eigenvalue weighted by Gasteiger charge is -2.08. The lowest BCUT2D eigenvalue weighted by atomic mass is 10.2. The second kappa shape index (κ2) is 6.15. The SMILES string of the molecule is CNCc1cc(F)cc(Oc2cccc(I)c2)c1. The third kappa shape index (κ3) is 3.68. The van der Waals surface area contributed by atoms with Gasteiger partial charge < -0.3 is 10.1 Å². The van der Waals surface area contributed by atoms with Gasteiger partial charge in [0, 0.05) is 16.2 Å². The Morgan fingerprint density at radius 1 is 1.17 bits per heavy atom. The molecule has 94 valence electrons. The third-order valence-electron chi connectivity index (χ3n) is 2.34. The van der Waals surface area contributed by atoms with E-state index in [0.717, 1.165) is 9.13 Å². The summed E-state index contributed by atoms with van der Waals surface area (Å²) in [5.41, 5.74) is 0.859. The minimum Gasteiger partial charge on any atom is -0.457 e. The zero-order valence-electron chi connectivity index (χ0n) is 9.91. The van der Waals surface area contributed by atoms with Gasteiger partial charge in [0.05, 0.1) is 0 Å². The van der Waals surface area contributed by atoms with E-state index >= 15 is 0 Å². The predicted octanol–water partition coefficient (Wildman–Crippen LogP) is 3.94. The highest BCUT2D eigenvalue weighted by molar-refractivity contribution is 14.1. The van der Waals surface area contributed by atoms with Crippen LogP contribution in [-0.2, 0) is 6.54 Å². The van der Waals surface area contributed by atoms with E-state index < -0.39 is 0 Å². The maximum absolute atomic E-state index is 13.4. The van der Waals surface area contributed by atoms with Crippen molar-refractivity contribution in [2.24, 2.45) is 0 Å². The number of ether oxygens (including phenoxy) is 1. The summed E-state index contributed by atoms with van der Waals surface area (Å²) < 4.78 is 20.2. The first kappa shape index (κ1) is 13.3. The van der Waals surface area contributed by atoms with Crippen molar-refractivity contribution in [1.29, 1.82) is 0 Å².